The summed E-state index contributed by atoms with van der Waals surface area (Å²) in [5.74, 6) is 0.548. The van der Waals surface area contributed by atoms with E-state index in [9.17, 15) is 9.59 Å². The number of fused-ring (bicyclic) bond motifs is 1. The standard InChI is InChI=1S/C20H29N3O5/c1-19(2,3)27-17(24)22-9-8-13-12-23(18(25)28-20(4,5)6)14-10-21-11-15(26-7)16(13)14/h10-12H,8-9H2,1-7H3,(H,22,24). The van der Waals surface area contributed by atoms with Gasteiger partial charge >= 0.3 is 12.2 Å². The SMILES string of the molecule is COc1cncc2c1c(CCNC(=O)OC(C)(C)C)cn2C(=O)OC(C)(C)C. The highest BCUT2D eigenvalue weighted by atomic mass is 16.6. The van der Waals surface area contributed by atoms with Gasteiger partial charge in [-0.1, -0.05) is 0 Å². The van der Waals surface area contributed by atoms with E-state index in [0.29, 0.717) is 24.2 Å². The summed E-state index contributed by atoms with van der Waals surface area (Å²) in [6, 6.07) is 0. The van der Waals surface area contributed by atoms with Crippen LogP contribution in [0.1, 0.15) is 47.1 Å². The molecule has 0 aliphatic rings. The van der Waals surface area contributed by atoms with Crippen molar-refractivity contribution in [1.82, 2.24) is 14.9 Å². The van der Waals surface area contributed by atoms with Crippen LogP contribution in [0.15, 0.2) is 18.6 Å². The second-order valence-corrected chi connectivity index (χ2v) is 8.42. The fraction of sp³-hybridized carbons (Fsp3) is 0.550. The quantitative estimate of drug-likeness (QED) is 0.850. The number of nitrogens with zero attached hydrogens (tertiary/aromatic N) is 2. The molecule has 1 amide bonds. The van der Waals surface area contributed by atoms with Crippen LogP contribution in [0.5, 0.6) is 5.75 Å². The first-order valence-corrected chi connectivity index (χ1v) is 9.13. The van der Waals surface area contributed by atoms with Gasteiger partial charge in [0, 0.05) is 18.1 Å². The summed E-state index contributed by atoms with van der Waals surface area (Å²) < 4.78 is 17.6. The van der Waals surface area contributed by atoms with Crippen molar-refractivity contribution in [3.63, 3.8) is 0 Å². The second kappa shape index (κ2) is 8.08. The first-order valence-electron chi connectivity index (χ1n) is 9.13. The lowest BCUT2D eigenvalue weighted by molar-refractivity contribution is 0.0521. The Morgan fingerprint density at radius 2 is 1.71 bits per heavy atom. The number of carbonyl (C=O) groups is 2. The van der Waals surface area contributed by atoms with Crippen LogP contribution >= 0.6 is 0 Å². The highest BCUT2D eigenvalue weighted by Gasteiger charge is 2.23. The average molecular weight is 391 g/mol. The molecule has 8 heteroatoms. The molecule has 0 fully saturated rings. The molecule has 8 nitrogen and oxygen atoms in total. The maximum Gasteiger partial charge on any atom is 0.419 e. The van der Waals surface area contributed by atoms with Crippen LogP contribution in [0.25, 0.3) is 10.9 Å². The summed E-state index contributed by atoms with van der Waals surface area (Å²) in [7, 11) is 1.55. The van der Waals surface area contributed by atoms with Crippen molar-refractivity contribution in [2.75, 3.05) is 13.7 Å². The van der Waals surface area contributed by atoms with Gasteiger partial charge in [0.2, 0.25) is 0 Å². The van der Waals surface area contributed by atoms with Gasteiger partial charge in [-0.15, -0.1) is 0 Å². The predicted octanol–water partition coefficient (Wildman–Crippen LogP) is 3.90. The van der Waals surface area contributed by atoms with Gasteiger partial charge in [-0.05, 0) is 53.5 Å². The third kappa shape index (κ3) is 5.61. The highest BCUT2D eigenvalue weighted by molar-refractivity contribution is 5.95. The number of aromatic nitrogens is 2. The first kappa shape index (κ1) is 21.5. The van der Waals surface area contributed by atoms with E-state index in [4.69, 9.17) is 14.2 Å². The van der Waals surface area contributed by atoms with Gasteiger partial charge in [-0.3, -0.25) is 9.55 Å². The number of alkyl carbamates (subject to hydrolysis) is 1. The minimum atomic E-state index is -0.627. The zero-order chi connectivity index (χ0) is 21.1. The average Bonchev–Trinajstić information content (AvgIpc) is 2.91. The van der Waals surface area contributed by atoms with E-state index >= 15 is 0 Å². The third-order valence-corrected chi connectivity index (χ3v) is 3.63. The van der Waals surface area contributed by atoms with Gasteiger partial charge in [-0.25, -0.2) is 9.59 Å². The zero-order valence-electron chi connectivity index (χ0n) is 17.6. The van der Waals surface area contributed by atoms with E-state index in [1.807, 2.05) is 0 Å². The van der Waals surface area contributed by atoms with Crippen LogP contribution in [0.3, 0.4) is 0 Å². The maximum absolute atomic E-state index is 12.6. The van der Waals surface area contributed by atoms with Crippen molar-refractivity contribution >= 4 is 23.1 Å². The number of ether oxygens (including phenoxy) is 3. The van der Waals surface area contributed by atoms with Gasteiger partial charge in [-0.2, -0.15) is 0 Å². The fourth-order valence-corrected chi connectivity index (χ4v) is 2.65. The van der Waals surface area contributed by atoms with Crippen LogP contribution in [0.4, 0.5) is 9.59 Å². The minimum absolute atomic E-state index is 0.341. The Balaban J connectivity index is 2.27. The molecule has 0 spiro atoms. The van der Waals surface area contributed by atoms with Crippen molar-refractivity contribution in [1.29, 1.82) is 0 Å². The molecule has 0 aliphatic heterocycles. The number of hydrogen-bond donors (Lipinski definition) is 1. The van der Waals surface area contributed by atoms with Crippen LogP contribution in [0.2, 0.25) is 0 Å². The summed E-state index contributed by atoms with van der Waals surface area (Å²) in [6.07, 6.45) is 4.36. The van der Waals surface area contributed by atoms with E-state index in [-0.39, 0.29) is 0 Å². The number of hydrogen-bond acceptors (Lipinski definition) is 6. The monoisotopic (exact) mass is 391 g/mol. The first-order chi connectivity index (χ1) is 12.9. The molecular formula is C20H29N3O5. The largest absolute Gasteiger partial charge is 0.494 e. The molecule has 0 radical (unpaired) electrons. The van der Waals surface area contributed by atoms with Crippen LogP contribution in [0, 0.1) is 0 Å². The summed E-state index contributed by atoms with van der Waals surface area (Å²) in [5, 5.41) is 3.48. The minimum Gasteiger partial charge on any atom is -0.494 e. The number of amides is 1. The molecule has 154 valence electrons. The molecular weight excluding hydrogens is 362 g/mol. The molecule has 0 bridgehead atoms. The van der Waals surface area contributed by atoms with Gasteiger partial charge in [0.1, 0.15) is 17.0 Å². The van der Waals surface area contributed by atoms with Crippen molar-refractivity contribution in [3.05, 3.63) is 24.2 Å². The fourth-order valence-electron chi connectivity index (χ4n) is 2.65. The normalized spacial score (nSPS) is 12.0. The molecule has 2 heterocycles. The summed E-state index contributed by atoms with van der Waals surface area (Å²) in [6.45, 7) is 11.2. The molecule has 0 aromatic carbocycles. The van der Waals surface area contributed by atoms with E-state index in [0.717, 1.165) is 10.9 Å². The third-order valence-electron chi connectivity index (χ3n) is 3.63. The molecule has 0 saturated heterocycles. The Kier molecular flexibility index (Phi) is 6.21. The van der Waals surface area contributed by atoms with Crippen molar-refractivity contribution in [2.24, 2.45) is 0 Å². The molecule has 2 aromatic heterocycles. The van der Waals surface area contributed by atoms with Gasteiger partial charge in [0.05, 0.1) is 25.0 Å². The lowest BCUT2D eigenvalue weighted by atomic mass is 10.1. The molecule has 0 atom stereocenters. The van der Waals surface area contributed by atoms with Crippen LogP contribution in [-0.4, -0.2) is 46.6 Å². The van der Waals surface area contributed by atoms with E-state index in [1.54, 1.807) is 67.2 Å². The number of methoxy groups -OCH3 is 1. The van der Waals surface area contributed by atoms with Crippen LogP contribution in [-0.2, 0) is 15.9 Å². The molecule has 28 heavy (non-hydrogen) atoms. The van der Waals surface area contributed by atoms with Crippen molar-refractivity contribution in [3.8, 4) is 5.75 Å². The summed E-state index contributed by atoms with van der Waals surface area (Å²) in [4.78, 5) is 28.6. The van der Waals surface area contributed by atoms with E-state index in [1.165, 1.54) is 4.57 Å². The molecule has 0 unspecified atom stereocenters. The molecule has 2 aromatic rings. The Bertz CT molecular complexity index is 859. The van der Waals surface area contributed by atoms with Gasteiger partial charge in [0.25, 0.3) is 0 Å². The van der Waals surface area contributed by atoms with Gasteiger partial charge < -0.3 is 19.5 Å². The van der Waals surface area contributed by atoms with Crippen LogP contribution < -0.4 is 10.1 Å². The van der Waals surface area contributed by atoms with E-state index in [2.05, 4.69) is 10.3 Å². The van der Waals surface area contributed by atoms with Crippen molar-refractivity contribution < 1.29 is 23.8 Å². The number of nitrogens with one attached hydrogen (secondary N) is 1. The molecule has 0 saturated carbocycles. The Morgan fingerprint density at radius 1 is 1.07 bits per heavy atom. The topological polar surface area (TPSA) is 91.7 Å². The zero-order valence-corrected chi connectivity index (χ0v) is 17.6. The van der Waals surface area contributed by atoms with Crippen molar-refractivity contribution in [2.45, 2.75) is 59.2 Å². The Labute approximate surface area is 165 Å². The van der Waals surface area contributed by atoms with Gasteiger partial charge in [0.15, 0.2) is 0 Å². The molecule has 2 rings (SSSR count). The predicted molar refractivity (Wildman–Crippen MR) is 106 cm³/mol. The smallest absolute Gasteiger partial charge is 0.419 e. The summed E-state index contributed by atoms with van der Waals surface area (Å²) >= 11 is 0. The number of pyridine rings is 1. The molecule has 0 aliphatic carbocycles. The molecule has 1 N–H and O–H groups in total. The lowest BCUT2D eigenvalue weighted by Crippen LogP contribution is -2.33. The lowest BCUT2D eigenvalue weighted by Gasteiger charge is -2.19. The summed E-state index contributed by atoms with van der Waals surface area (Å²) in [5.41, 5.74) is 0.224. The highest BCUT2D eigenvalue weighted by Crippen LogP contribution is 2.30. The van der Waals surface area contributed by atoms with E-state index < -0.39 is 23.4 Å². The Morgan fingerprint density at radius 3 is 2.29 bits per heavy atom. The maximum atomic E-state index is 12.6. The second-order valence-electron chi connectivity index (χ2n) is 8.42. The Hall–Kier alpha value is -2.77. The number of rotatable bonds is 4. The number of carbonyl (C=O) groups excluding carboxylic acids is 2.